The monoisotopic (exact) mass is 539 g/mol. The van der Waals surface area contributed by atoms with Gasteiger partial charge in [0.05, 0.1) is 30.3 Å². The molecule has 1 saturated heterocycles. The fraction of sp³-hybridized carbons (Fsp3) is 0.565. The molecule has 0 saturated carbocycles. The lowest BCUT2D eigenvalue weighted by Gasteiger charge is -2.30. The average molecular weight is 540 g/mol. The predicted molar refractivity (Wildman–Crippen MR) is 134 cm³/mol. The van der Waals surface area contributed by atoms with Crippen molar-refractivity contribution in [1.82, 2.24) is 20.0 Å². The average Bonchev–Trinajstić information content (AvgIpc) is 2.81. The fourth-order valence-corrected chi connectivity index (χ4v) is 3.79. The normalized spacial score (nSPS) is 14.8. The highest BCUT2D eigenvalue weighted by Gasteiger charge is 2.26. The number of hydroxylamine groups is 2. The van der Waals surface area contributed by atoms with Crippen LogP contribution in [-0.4, -0.2) is 85.6 Å². The third kappa shape index (κ3) is 8.89. The molecule has 3 rings (SSSR count). The first kappa shape index (κ1) is 28.2. The van der Waals surface area contributed by atoms with E-state index in [0.717, 1.165) is 6.26 Å². The Labute approximate surface area is 216 Å². The van der Waals surface area contributed by atoms with Gasteiger partial charge < -0.3 is 29.1 Å². The number of carbonyl (C=O) groups excluding carboxylic acids is 1. The zero-order valence-corrected chi connectivity index (χ0v) is 22.4. The van der Waals surface area contributed by atoms with Crippen molar-refractivity contribution in [2.75, 3.05) is 44.1 Å². The highest BCUT2D eigenvalue weighted by atomic mass is 32.2. The van der Waals surface area contributed by atoms with E-state index < -0.39 is 16.0 Å². The second kappa shape index (κ2) is 12.7. The quantitative estimate of drug-likeness (QED) is 0.417. The Balaban J connectivity index is 1.60. The number of carbonyl (C=O) groups is 1. The number of aryl methyl sites for hydroxylation is 1. The second-order valence-corrected chi connectivity index (χ2v) is 11.0. The smallest absolute Gasteiger partial charge is 0.489 e. The lowest BCUT2D eigenvalue weighted by atomic mass is 10.1. The van der Waals surface area contributed by atoms with Gasteiger partial charge in [0.25, 0.3) is 5.88 Å². The Hall–Kier alpha value is -3.39. The maximum absolute atomic E-state index is 11.7. The molecule has 1 fully saturated rings. The predicted octanol–water partition coefficient (Wildman–Crippen LogP) is 2.68. The SMILES string of the molecule is COc1c(Nc2ccc(OCCS(C)(=O)=O)nc2C)ncnc1OC1CCN(OC(=O)OC(C)C)CC1. The Morgan fingerprint density at radius 1 is 1.22 bits per heavy atom. The zero-order valence-electron chi connectivity index (χ0n) is 21.6. The number of aromatic nitrogens is 3. The van der Waals surface area contributed by atoms with Crippen molar-refractivity contribution in [1.29, 1.82) is 0 Å². The van der Waals surface area contributed by atoms with Gasteiger partial charge in [0.15, 0.2) is 15.7 Å². The van der Waals surface area contributed by atoms with E-state index >= 15 is 0 Å². The zero-order chi connectivity index (χ0) is 27.0. The molecule has 37 heavy (non-hydrogen) atoms. The van der Waals surface area contributed by atoms with E-state index in [1.54, 1.807) is 38.0 Å². The summed E-state index contributed by atoms with van der Waals surface area (Å²) in [5.41, 5.74) is 1.26. The molecule has 0 unspecified atom stereocenters. The van der Waals surface area contributed by atoms with Crippen molar-refractivity contribution >= 4 is 27.5 Å². The summed E-state index contributed by atoms with van der Waals surface area (Å²) in [6.45, 7) is 6.28. The van der Waals surface area contributed by atoms with E-state index in [0.29, 0.717) is 54.8 Å². The van der Waals surface area contributed by atoms with E-state index in [1.165, 1.54) is 13.4 Å². The first-order valence-electron chi connectivity index (χ1n) is 11.8. The summed E-state index contributed by atoms with van der Waals surface area (Å²) >= 11 is 0. The summed E-state index contributed by atoms with van der Waals surface area (Å²) < 4.78 is 44.6. The molecular formula is C23H33N5O8S. The summed E-state index contributed by atoms with van der Waals surface area (Å²) in [6.07, 6.45) is 2.60. The molecule has 0 bridgehead atoms. The Kier molecular flexibility index (Phi) is 9.69. The van der Waals surface area contributed by atoms with Gasteiger partial charge in [-0.2, -0.15) is 4.98 Å². The van der Waals surface area contributed by atoms with Gasteiger partial charge in [-0.3, -0.25) is 0 Å². The molecule has 0 spiro atoms. The van der Waals surface area contributed by atoms with Gasteiger partial charge in [-0.05, 0) is 26.8 Å². The minimum atomic E-state index is -3.12. The van der Waals surface area contributed by atoms with Crippen LogP contribution in [-0.2, 0) is 19.4 Å². The molecule has 0 atom stereocenters. The first-order chi connectivity index (χ1) is 17.5. The van der Waals surface area contributed by atoms with Crippen LogP contribution in [0.15, 0.2) is 18.5 Å². The molecule has 14 heteroatoms. The van der Waals surface area contributed by atoms with Gasteiger partial charge in [-0.25, -0.2) is 23.2 Å². The van der Waals surface area contributed by atoms with E-state index in [1.807, 2.05) is 0 Å². The van der Waals surface area contributed by atoms with Crippen LogP contribution in [0.2, 0.25) is 0 Å². The molecule has 0 aromatic carbocycles. The Morgan fingerprint density at radius 2 is 1.95 bits per heavy atom. The van der Waals surface area contributed by atoms with Gasteiger partial charge >= 0.3 is 6.16 Å². The van der Waals surface area contributed by atoms with Gasteiger partial charge in [0.2, 0.25) is 11.6 Å². The van der Waals surface area contributed by atoms with Crippen LogP contribution in [0.4, 0.5) is 16.3 Å². The molecule has 2 aromatic rings. The number of nitrogens with one attached hydrogen (secondary N) is 1. The third-order valence-corrected chi connectivity index (χ3v) is 6.12. The van der Waals surface area contributed by atoms with E-state index in [2.05, 4.69) is 20.3 Å². The number of pyridine rings is 1. The van der Waals surface area contributed by atoms with Crippen molar-refractivity contribution in [3.05, 3.63) is 24.2 Å². The summed E-state index contributed by atoms with van der Waals surface area (Å²) in [5, 5.41) is 4.73. The van der Waals surface area contributed by atoms with E-state index in [9.17, 15) is 13.2 Å². The van der Waals surface area contributed by atoms with Crippen molar-refractivity contribution in [3.63, 3.8) is 0 Å². The molecule has 204 valence electrons. The van der Waals surface area contributed by atoms with Crippen LogP contribution >= 0.6 is 0 Å². The molecule has 1 aliphatic heterocycles. The van der Waals surface area contributed by atoms with E-state index in [4.69, 9.17) is 23.8 Å². The molecule has 1 aliphatic rings. The standard InChI is InChI=1S/C23H33N5O8S/c1-15(2)34-23(29)36-28-10-8-17(9-11-28)35-22-20(32-4)21(24-14-25-22)27-18-6-7-19(26-16(18)3)33-12-13-37(5,30)31/h6-7,14-15,17H,8-13H2,1-5H3,(H,24,25,27). The molecular weight excluding hydrogens is 506 g/mol. The minimum absolute atomic E-state index is 0.0194. The molecule has 0 radical (unpaired) electrons. The third-order valence-electron chi connectivity index (χ3n) is 5.21. The van der Waals surface area contributed by atoms with Crippen LogP contribution in [0, 0.1) is 6.92 Å². The molecule has 0 aliphatic carbocycles. The fourth-order valence-electron chi connectivity index (χ4n) is 3.41. The number of piperidine rings is 1. The summed E-state index contributed by atoms with van der Waals surface area (Å²) in [4.78, 5) is 29.8. The van der Waals surface area contributed by atoms with Gasteiger partial charge in [-0.15, -0.1) is 5.06 Å². The van der Waals surface area contributed by atoms with Gasteiger partial charge in [0, 0.05) is 38.3 Å². The maximum Gasteiger partial charge on any atom is 0.528 e. The first-order valence-corrected chi connectivity index (χ1v) is 13.8. The number of nitrogens with zero attached hydrogens (tertiary/aromatic N) is 4. The molecule has 13 nitrogen and oxygen atoms in total. The number of sulfone groups is 1. The number of hydrogen-bond donors (Lipinski definition) is 1. The maximum atomic E-state index is 11.7. The van der Waals surface area contributed by atoms with Gasteiger partial charge in [-0.1, -0.05) is 0 Å². The lowest BCUT2D eigenvalue weighted by Crippen LogP contribution is -2.40. The van der Waals surface area contributed by atoms with Crippen molar-refractivity contribution < 1.29 is 37.0 Å². The summed E-state index contributed by atoms with van der Waals surface area (Å²) in [6, 6.07) is 3.38. The van der Waals surface area contributed by atoms with Crippen LogP contribution in [0.5, 0.6) is 17.5 Å². The van der Waals surface area contributed by atoms with Crippen molar-refractivity contribution in [2.24, 2.45) is 0 Å². The molecule has 1 N–H and O–H groups in total. The topological polar surface area (TPSA) is 151 Å². The summed E-state index contributed by atoms with van der Waals surface area (Å²) in [5.74, 6) is 1.23. The number of methoxy groups -OCH3 is 1. The summed E-state index contributed by atoms with van der Waals surface area (Å²) in [7, 11) is -1.62. The Morgan fingerprint density at radius 3 is 2.57 bits per heavy atom. The van der Waals surface area contributed by atoms with Crippen LogP contribution < -0.4 is 19.5 Å². The second-order valence-electron chi connectivity index (χ2n) is 8.70. The lowest BCUT2D eigenvalue weighted by molar-refractivity contribution is -0.151. The molecule has 0 amide bonds. The van der Waals surface area contributed by atoms with Gasteiger partial charge in [0.1, 0.15) is 19.0 Å². The van der Waals surface area contributed by atoms with Crippen molar-refractivity contribution in [2.45, 2.75) is 45.8 Å². The van der Waals surface area contributed by atoms with E-state index in [-0.39, 0.29) is 30.4 Å². The molecule has 3 heterocycles. The van der Waals surface area contributed by atoms with Crippen LogP contribution in [0.1, 0.15) is 32.4 Å². The largest absolute Gasteiger partial charge is 0.528 e. The van der Waals surface area contributed by atoms with Crippen molar-refractivity contribution in [3.8, 4) is 17.5 Å². The van der Waals surface area contributed by atoms with Crippen LogP contribution in [0.25, 0.3) is 0 Å². The van der Waals surface area contributed by atoms with Crippen LogP contribution in [0.3, 0.4) is 0 Å². The number of hydrogen-bond acceptors (Lipinski definition) is 13. The highest BCUT2D eigenvalue weighted by molar-refractivity contribution is 7.90. The highest BCUT2D eigenvalue weighted by Crippen LogP contribution is 2.35. The minimum Gasteiger partial charge on any atom is -0.489 e. The Bertz CT molecular complexity index is 1170. The number of rotatable bonds is 11. The number of ether oxygens (including phenoxy) is 4. The molecule has 2 aromatic heterocycles. The number of anilines is 2.